The SMILES string of the molecule is O=C(c1cnc(N2CCOCC2)nc1C1CC1)N1CCC(c2cccnc2)C1. The lowest BCUT2D eigenvalue weighted by molar-refractivity contribution is 0.0788. The lowest BCUT2D eigenvalue weighted by atomic mass is 10.0. The van der Waals surface area contributed by atoms with Gasteiger partial charge in [-0.05, 0) is 30.9 Å². The number of carbonyl (C=O) groups is 1. The van der Waals surface area contributed by atoms with Gasteiger partial charge in [0.2, 0.25) is 5.95 Å². The van der Waals surface area contributed by atoms with E-state index in [1.165, 1.54) is 5.56 Å². The predicted molar refractivity (Wildman–Crippen MR) is 105 cm³/mol. The highest BCUT2D eigenvalue weighted by atomic mass is 16.5. The van der Waals surface area contributed by atoms with E-state index in [0.29, 0.717) is 30.6 Å². The van der Waals surface area contributed by atoms with E-state index < -0.39 is 0 Å². The molecule has 7 heteroatoms. The highest BCUT2D eigenvalue weighted by Gasteiger charge is 2.35. The number of ether oxygens (including phenoxy) is 1. The van der Waals surface area contributed by atoms with Crippen LogP contribution in [0.4, 0.5) is 5.95 Å². The molecule has 0 N–H and O–H groups in total. The second kappa shape index (κ2) is 7.47. The summed E-state index contributed by atoms with van der Waals surface area (Å²) in [6, 6.07) is 4.06. The van der Waals surface area contributed by atoms with E-state index in [2.05, 4.69) is 20.9 Å². The van der Waals surface area contributed by atoms with Crippen molar-refractivity contribution in [2.45, 2.75) is 31.1 Å². The van der Waals surface area contributed by atoms with Gasteiger partial charge in [0, 0.05) is 56.6 Å². The lowest BCUT2D eigenvalue weighted by Crippen LogP contribution is -2.38. The molecule has 2 saturated heterocycles. The molecule has 0 bridgehead atoms. The fourth-order valence-electron chi connectivity index (χ4n) is 4.14. The summed E-state index contributed by atoms with van der Waals surface area (Å²) >= 11 is 0. The molecule has 1 amide bonds. The minimum atomic E-state index is 0.0711. The van der Waals surface area contributed by atoms with Gasteiger partial charge in [0.05, 0.1) is 24.5 Å². The first kappa shape index (κ1) is 17.6. The third-order valence-electron chi connectivity index (χ3n) is 5.93. The Kier molecular flexibility index (Phi) is 4.68. The molecule has 4 heterocycles. The Bertz CT molecular complexity index is 849. The Morgan fingerprint density at radius 3 is 2.68 bits per heavy atom. The Hall–Kier alpha value is -2.54. The van der Waals surface area contributed by atoms with Crippen LogP contribution < -0.4 is 4.90 Å². The number of hydrogen-bond acceptors (Lipinski definition) is 6. The van der Waals surface area contributed by atoms with Gasteiger partial charge < -0.3 is 14.5 Å². The first-order valence-electron chi connectivity index (χ1n) is 10.2. The van der Waals surface area contributed by atoms with Crippen LogP contribution in [0.25, 0.3) is 0 Å². The minimum absolute atomic E-state index is 0.0711. The Morgan fingerprint density at radius 2 is 1.93 bits per heavy atom. The number of pyridine rings is 1. The molecular formula is C21H25N5O2. The van der Waals surface area contributed by atoms with E-state index in [4.69, 9.17) is 9.72 Å². The largest absolute Gasteiger partial charge is 0.378 e. The maximum absolute atomic E-state index is 13.3. The first-order chi connectivity index (χ1) is 13.8. The second-order valence-corrected chi connectivity index (χ2v) is 7.87. The highest BCUT2D eigenvalue weighted by molar-refractivity contribution is 5.95. The number of amides is 1. The fourth-order valence-corrected chi connectivity index (χ4v) is 4.14. The van der Waals surface area contributed by atoms with Crippen molar-refractivity contribution < 1.29 is 9.53 Å². The highest BCUT2D eigenvalue weighted by Crippen LogP contribution is 2.41. The molecule has 2 aromatic heterocycles. The number of rotatable bonds is 4. The van der Waals surface area contributed by atoms with E-state index in [0.717, 1.165) is 57.1 Å². The quantitative estimate of drug-likeness (QED) is 0.811. The van der Waals surface area contributed by atoms with Crippen LogP contribution >= 0.6 is 0 Å². The van der Waals surface area contributed by atoms with Crippen molar-refractivity contribution in [3.05, 3.63) is 47.5 Å². The van der Waals surface area contributed by atoms with Crippen molar-refractivity contribution in [1.82, 2.24) is 19.9 Å². The van der Waals surface area contributed by atoms with E-state index in [1.807, 2.05) is 17.2 Å². The fraction of sp³-hybridized carbons (Fsp3) is 0.524. The molecule has 3 fully saturated rings. The normalized spacial score (nSPS) is 22.5. The van der Waals surface area contributed by atoms with Gasteiger partial charge in [-0.2, -0.15) is 0 Å². The zero-order valence-corrected chi connectivity index (χ0v) is 16.0. The summed E-state index contributed by atoms with van der Waals surface area (Å²) in [5, 5.41) is 0. The average molecular weight is 379 g/mol. The van der Waals surface area contributed by atoms with Gasteiger partial charge in [-0.25, -0.2) is 9.97 Å². The molecule has 0 spiro atoms. The smallest absolute Gasteiger partial charge is 0.257 e. The van der Waals surface area contributed by atoms with E-state index in [1.54, 1.807) is 12.4 Å². The number of anilines is 1. The van der Waals surface area contributed by atoms with Gasteiger partial charge in [-0.3, -0.25) is 9.78 Å². The molecule has 2 aliphatic heterocycles. The van der Waals surface area contributed by atoms with Crippen LogP contribution in [0.3, 0.4) is 0 Å². The molecule has 5 rings (SSSR count). The third-order valence-corrected chi connectivity index (χ3v) is 5.93. The standard InChI is InChI=1S/C21H25N5O2/c27-20(26-7-5-17(14-26)16-2-1-6-22-12-16)18-13-23-21(24-19(18)15-3-4-15)25-8-10-28-11-9-25/h1-2,6,12-13,15,17H,3-5,7-11,14H2. The Labute approximate surface area is 164 Å². The summed E-state index contributed by atoms with van der Waals surface area (Å²) in [4.78, 5) is 31.0. The topological polar surface area (TPSA) is 71.5 Å². The van der Waals surface area contributed by atoms with Crippen molar-refractivity contribution in [1.29, 1.82) is 0 Å². The number of likely N-dealkylation sites (tertiary alicyclic amines) is 1. The molecule has 2 aromatic rings. The Balaban J connectivity index is 1.36. The molecule has 1 atom stereocenters. The molecule has 0 radical (unpaired) electrons. The summed E-state index contributed by atoms with van der Waals surface area (Å²) < 4.78 is 5.42. The third kappa shape index (κ3) is 3.46. The molecule has 28 heavy (non-hydrogen) atoms. The minimum Gasteiger partial charge on any atom is -0.378 e. The second-order valence-electron chi connectivity index (χ2n) is 7.87. The molecule has 1 aliphatic carbocycles. The maximum Gasteiger partial charge on any atom is 0.257 e. The molecule has 1 saturated carbocycles. The molecular weight excluding hydrogens is 354 g/mol. The maximum atomic E-state index is 13.3. The monoisotopic (exact) mass is 379 g/mol. The molecule has 7 nitrogen and oxygen atoms in total. The lowest BCUT2D eigenvalue weighted by Gasteiger charge is -2.27. The zero-order valence-electron chi connectivity index (χ0n) is 16.0. The number of aromatic nitrogens is 3. The summed E-state index contributed by atoms with van der Waals surface area (Å²) in [5.41, 5.74) is 2.83. The first-order valence-corrected chi connectivity index (χ1v) is 10.2. The summed E-state index contributed by atoms with van der Waals surface area (Å²) in [6.45, 7) is 4.51. The van der Waals surface area contributed by atoms with Gasteiger partial charge in [-0.15, -0.1) is 0 Å². The van der Waals surface area contributed by atoms with Gasteiger partial charge >= 0.3 is 0 Å². The van der Waals surface area contributed by atoms with Crippen molar-refractivity contribution in [2.75, 3.05) is 44.3 Å². The van der Waals surface area contributed by atoms with Crippen molar-refractivity contribution in [3.63, 3.8) is 0 Å². The van der Waals surface area contributed by atoms with Crippen LogP contribution in [0.2, 0.25) is 0 Å². The van der Waals surface area contributed by atoms with Gasteiger partial charge in [-0.1, -0.05) is 6.07 Å². The van der Waals surface area contributed by atoms with Crippen LogP contribution in [-0.2, 0) is 4.74 Å². The predicted octanol–water partition coefficient (Wildman–Crippen LogP) is 2.22. The van der Waals surface area contributed by atoms with Crippen molar-refractivity contribution in [2.24, 2.45) is 0 Å². The number of morpholine rings is 1. The van der Waals surface area contributed by atoms with Gasteiger partial charge in [0.15, 0.2) is 0 Å². The van der Waals surface area contributed by atoms with E-state index in [9.17, 15) is 4.79 Å². The number of nitrogens with zero attached hydrogens (tertiary/aromatic N) is 5. The summed E-state index contributed by atoms with van der Waals surface area (Å²) in [6.07, 6.45) is 8.65. The zero-order chi connectivity index (χ0) is 18.9. The molecule has 0 aromatic carbocycles. The van der Waals surface area contributed by atoms with Gasteiger partial charge in [0.25, 0.3) is 5.91 Å². The van der Waals surface area contributed by atoms with Crippen LogP contribution in [0.5, 0.6) is 0 Å². The van der Waals surface area contributed by atoms with Crippen LogP contribution in [-0.4, -0.2) is 65.2 Å². The van der Waals surface area contributed by atoms with Crippen molar-refractivity contribution >= 4 is 11.9 Å². The molecule has 3 aliphatic rings. The van der Waals surface area contributed by atoms with Crippen LogP contribution in [0.15, 0.2) is 30.7 Å². The average Bonchev–Trinajstić information content (AvgIpc) is 3.50. The number of hydrogen-bond donors (Lipinski definition) is 0. The van der Waals surface area contributed by atoms with E-state index >= 15 is 0 Å². The molecule has 146 valence electrons. The van der Waals surface area contributed by atoms with Crippen LogP contribution in [0, 0.1) is 0 Å². The Morgan fingerprint density at radius 1 is 1.07 bits per heavy atom. The van der Waals surface area contributed by atoms with Gasteiger partial charge in [0.1, 0.15) is 0 Å². The van der Waals surface area contributed by atoms with Crippen molar-refractivity contribution in [3.8, 4) is 0 Å². The summed E-state index contributed by atoms with van der Waals surface area (Å²) in [7, 11) is 0. The summed E-state index contributed by atoms with van der Waals surface area (Å²) in [5.74, 6) is 1.56. The molecule has 1 unspecified atom stereocenters. The van der Waals surface area contributed by atoms with Crippen LogP contribution in [0.1, 0.15) is 52.7 Å². The van der Waals surface area contributed by atoms with E-state index in [-0.39, 0.29) is 5.91 Å². The number of carbonyl (C=O) groups excluding carboxylic acids is 1.